The van der Waals surface area contributed by atoms with Gasteiger partial charge < -0.3 is 5.73 Å². The first-order valence-electron chi connectivity index (χ1n) is 6.03. The maximum atomic E-state index is 6.17. The first kappa shape index (κ1) is 13.4. The van der Waals surface area contributed by atoms with Gasteiger partial charge in [0.1, 0.15) is 5.82 Å². The molecule has 96 valence electrons. The molecular weight excluding hydrogens is 337 g/mol. The van der Waals surface area contributed by atoms with E-state index in [1.165, 1.54) is 11.1 Å². The van der Waals surface area contributed by atoms with Crippen molar-refractivity contribution in [1.82, 2.24) is 9.78 Å². The molecule has 18 heavy (non-hydrogen) atoms. The Kier molecular flexibility index (Phi) is 3.66. The number of hydrogen-bond donors (Lipinski definition) is 1. The number of anilines is 1. The Hall–Kier alpha value is -1.04. The minimum absolute atomic E-state index is 0.381. The number of hydrogen-bond acceptors (Lipinski definition) is 2. The van der Waals surface area contributed by atoms with Crippen LogP contribution in [-0.4, -0.2) is 9.78 Å². The Morgan fingerprint density at radius 2 is 1.94 bits per heavy atom. The van der Waals surface area contributed by atoms with Crippen LogP contribution >= 0.6 is 22.6 Å². The third kappa shape index (κ3) is 2.25. The molecule has 0 fully saturated rings. The molecule has 3 nitrogen and oxygen atoms in total. The van der Waals surface area contributed by atoms with E-state index in [9.17, 15) is 0 Å². The lowest BCUT2D eigenvalue weighted by Gasteiger charge is -2.08. The van der Waals surface area contributed by atoms with E-state index < -0.39 is 0 Å². The molecule has 0 aliphatic carbocycles. The van der Waals surface area contributed by atoms with Crippen molar-refractivity contribution in [3.05, 3.63) is 38.6 Å². The van der Waals surface area contributed by atoms with Crippen LogP contribution in [0.1, 0.15) is 36.6 Å². The van der Waals surface area contributed by atoms with Crippen molar-refractivity contribution >= 4 is 28.4 Å². The molecule has 0 aliphatic rings. The fraction of sp³-hybridized carbons (Fsp3) is 0.357. The minimum Gasteiger partial charge on any atom is -0.383 e. The second-order valence-corrected chi connectivity index (χ2v) is 6.02. The normalized spacial score (nSPS) is 11.2. The average molecular weight is 355 g/mol. The van der Waals surface area contributed by atoms with Crippen molar-refractivity contribution in [1.29, 1.82) is 0 Å². The minimum atomic E-state index is 0.381. The molecule has 0 saturated heterocycles. The van der Waals surface area contributed by atoms with Gasteiger partial charge in [-0.15, -0.1) is 0 Å². The van der Waals surface area contributed by atoms with Gasteiger partial charge in [-0.25, -0.2) is 4.68 Å². The molecule has 0 spiro atoms. The Labute approximate surface area is 122 Å². The van der Waals surface area contributed by atoms with Crippen LogP contribution in [0.15, 0.2) is 18.2 Å². The maximum Gasteiger partial charge on any atom is 0.141 e. The number of aromatic nitrogens is 2. The zero-order valence-electron chi connectivity index (χ0n) is 11.2. The van der Waals surface area contributed by atoms with Gasteiger partial charge in [0.15, 0.2) is 0 Å². The topological polar surface area (TPSA) is 43.8 Å². The molecule has 0 unspecified atom stereocenters. The standard InChI is InChI=1S/C14H18IN3/c1-8(2)13-12(15)14(16)18(17-13)11-6-5-9(3)7-10(11)4/h5-8H,16H2,1-4H3. The third-order valence-electron chi connectivity index (χ3n) is 3.01. The van der Waals surface area contributed by atoms with Crippen LogP contribution in [-0.2, 0) is 0 Å². The van der Waals surface area contributed by atoms with Crippen molar-refractivity contribution < 1.29 is 0 Å². The largest absolute Gasteiger partial charge is 0.383 e. The molecule has 0 aliphatic heterocycles. The van der Waals surface area contributed by atoms with Gasteiger partial charge >= 0.3 is 0 Å². The summed E-state index contributed by atoms with van der Waals surface area (Å²) >= 11 is 2.28. The number of nitrogens with two attached hydrogens (primary N) is 1. The lowest BCUT2D eigenvalue weighted by Crippen LogP contribution is -2.04. The van der Waals surface area contributed by atoms with Crippen LogP contribution in [0.4, 0.5) is 5.82 Å². The Balaban J connectivity index is 2.61. The predicted octanol–water partition coefficient (Wildman–Crippen LogP) is 3.80. The molecule has 2 aromatic rings. The van der Waals surface area contributed by atoms with Gasteiger partial charge in [0.25, 0.3) is 0 Å². The molecule has 0 radical (unpaired) electrons. The van der Waals surface area contributed by atoms with Gasteiger partial charge in [0, 0.05) is 0 Å². The summed E-state index contributed by atoms with van der Waals surface area (Å²) in [7, 11) is 0. The number of aryl methyl sites for hydroxylation is 2. The van der Waals surface area contributed by atoms with E-state index in [0.29, 0.717) is 5.92 Å². The van der Waals surface area contributed by atoms with Gasteiger partial charge in [0.05, 0.1) is 15.0 Å². The van der Waals surface area contributed by atoms with Crippen molar-refractivity contribution in [2.24, 2.45) is 0 Å². The van der Waals surface area contributed by atoms with E-state index in [1.807, 2.05) is 4.68 Å². The number of nitrogen functional groups attached to an aromatic ring is 1. The van der Waals surface area contributed by atoms with Gasteiger partial charge in [0.2, 0.25) is 0 Å². The smallest absolute Gasteiger partial charge is 0.141 e. The van der Waals surface area contributed by atoms with Crippen LogP contribution in [0.5, 0.6) is 0 Å². The zero-order chi connectivity index (χ0) is 13.4. The molecule has 1 aromatic carbocycles. The van der Waals surface area contributed by atoms with Crippen LogP contribution < -0.4 is 5.73 Å². The zero-order valence-corrected chi connectivity index (χ0v) is 13.3. The van der Waals surface area contributed by atoms with Crippen LogP contribution in [0, 0.1) is 17.4 Å². The van der Waals surface area contributed by atoms with Crippen LogP contribution in [0.2, 0.25) is 0 Å². The highest BCUT2D eigenvalue weighted by atomic mass is 127. The molecule has 2 N–H and O–H groups in total. The molecule has 4 heteroatoms. The third-order valence-corrected chi connectivity index (χ3v) is 4.12. The average Bonchev–Trinajstić information content (AvgIpc) is 2.57. The molecule has 0 atom stereocenters. The predicted molar refractivity (Wildman–Crippen MR) is 84.3 cm³/mol. The quantitative estimate of drug-likeness (QED) is 0.833. The summed E-state index contributed by atoms with van der Waals surface area (Å²) in [4.78, 5) is 0. The van der Waals surface area contributed by atoms with E-state index in [-0.39, 0.29) is 0 Å². The van der Waals surface area contributed by atoms with Gasteiger partial charge in [-0.2, -0.15) is 5.10 Å². The molecular formula is C14H18IN3. The van der Waals surface area contributed by atoms with Gasteiger partial charge in [-0.1, -0.05) is 31.5 Å². The van der Waals surface area contributed by atoms with Crippen LogP contribution in [0.25, 0.3) is 5.69 Å². The lowest BCUT2D eigenvalue weighted by atomic mass is 10.1. The molecule has 1 aromatic heterocycles. The number of nitrogens with zero attached hydrogens (tertiary/aromatic N) is 2. The summed E-state index contributed by atoms with van der Waals surface area (Å²) in [6.07, 6.45) is 0. The first-order valence-corrected chi connectivity index (χ1v) is 7.11. The van der Waals surface area contributed by atoms with Crippen molar-refractivity contribution in [3.63, 3.8) is 0 Å². The fourth-order valence-corrected chi connectivity index (χ4v) is 2.98. The summed E-state index contributed by atoms with van der Waals surface area (Å²) in [6.45, 7) is 8.45. The molecule has 1 heterocycles. The number of rotatable bonds is 2. The lowest BCUT2D eigenvalue weighted by molar-refractivity contribution is 0.767. The van der Waals surface area contributed by atoms with E-state index in [2.05, 4.69) is 73.6 Å². The van der Waals surface area contributed by atoms with Gasteiger partial charge in [-0.3, -0.25) is 0 Å². The molecule has 2 rings (SSSR count). The highest BCUT2D eigenvalue weighted by molar-refractivity contribution is 14.1. The maximum absolute atomic E-state index is 6.17. The second-order valence-electron chi connectivity index (χ2n) is 4.94. The van der Waals surface area contributed by atoms with Crippen molar-refractivity contribution in [2.45, 2.75) is 33.6 Å². The second kappa shape index (κ2) is 4.91. The van der Waals surface area contributed by atoms with Crippen LogP contribution in [0.3, 0.4) is 0 Å². The highest BCUT2D eigenvalue weighted by Crippen LogP contribution is 2.28. The van der Waals surface area contributed by atoms with Crippen molar-refractivity contribution in [3.8, 4) is 5.69 Å². The first-order chi connectivity index (χ1) is 8.41. The summed E-state index contributed by atoms with van der Waals surface area (Å²) in [5, 5.41) is 4.65. The Bertz CT molecular complexity index is 585. The summed E-state index contributed by atoms with van der Waals surface area (Å²) < 4.78 is 2.91. The summed E-state index contributed by atoms with van der Waals surface area (Å²) in [6, 6.07) is 6.32. The molecule has 0 saturated carbocycles. The molecule has 0 bridgehead atoms. The summed E-state index contributed by atoms with van der Waals surface area (Å²) in [5.41, 5.74) is 10.7. The molecule has 0 amide bonds. The Morgan fingerprint density at radius 3 is 2.44 bits per heavy atom. The number of benzene rings is 1. The summed E-state index contributed by atoms with van der Waals surface area (Å²) in [5.74, 6) is 1.11. The van der Waals surface area contributed by atoms with E-state index in [0.717, 1.165) is 20.8 Å². The highest BCUT2D eigenvalue weighted by Gasteiger charge is 2.17. The number of halogens is 1. The van der Waals surface area contributed by atoms with Gasteiger partial charge in [-0.05, 0) is 54.0 Å². The van der Waals surface area contributed by atoms with E-state index >= 15 is 0 Å². The monoisotopic (exact) mass is 355 g/mol. The van der Waals surface area contributed by atoms with Crippen molar-refractivity contribution in [2.75, 3.05) is 5.73 Å². The SMILES string of the molecule is Cc1ccc(-n2nc(C(C)C)c(I)c2N)c(C)c1. The van der Waals surface area contributed by atoms with E-state index in [1.54, 1.807) is 0 Å². The fourth-order valence-electron chi connectivity index (χ4n) is 2.03. The van der Waals surface area contributed by atoms with E-state index in [4.69, 9.17) is 5.73 Å². The Morgan fingerprint density at radius 1 is 1.28 bits per heavy atom.